The van der Waals surface area contributed by atoms with Gasteiger partial charge in [-0.2, -0.15) is 18.3 Å². The number of alkyl carbamates (subject to hydrolysis) is 1. The Kier molecular flexibility index (Phi) is 5.05. The van der Waals surface area contributed by atoms with Gasteiger partial charge in [-0.1, -0.05) is 0 Å². The molecule has 0 aromatic carbocycles. The predicted octanol–water partition coefficient (Wildman–Crippen LogP) is 2.12. The van der Waals surface area contributed by atoms with Crippen LogP contribution in [0.2, 0.25) is 0 Å². The molecule has 0 saturated carbocycles. The summed E-state index contributed by atoms with van der Waals surface area (Å²) >= 11 is 0. The van der Waals surface area contributed by atoms with Crippen molar-refractivity contribution in [3.63, 3.8) is 0 Å². The molecule has 2 N–H and O–H groups in total. The highest BCUT2D eigenvalue weighted by molar-refractivity contribution is 5.88. The monoisotopic (exact) mass is 323 g/mol. The van der Waals surface area contributed by atoms with Gasteiger partial charge in [0.25, 0.3) is 0 Å². The van der Waals surface area contributed by atoms with Crippen molar-refractivity contribution in [3.8, 4) is 0 Å². The van der Waals surface area contributed by atoms with Gasteiger partial charge in [0.1, 0.15) is 11.2 Å². The van der Waals surface area contributed by atoms with Gasteiger partial charge in [-0.15, -0.1) is 0 Å². The highest BCUT2D eigenvalue weighted by atomic mass is 19.4. The molecule has 0 aliphatic rings. The van der Waals surface area contributed by atoms with Gasteiger partial charge in [0.2, 0.25) is 0 Å². The van der Waals surface area contributed by atoms with Crippen LogP contribution in [0.15, 0.2) is 6.20 Å². The first kappa shape index (κ1) is 17.8. The van der Waals surface area contributed by atoms with E-state index in [1.807, 2.05) is 0 Å². The maximum Gasteiger partial charge on any atom is 0.436 e. The lowest BCUT2D eigenvalue weighted by Gasteiger charge is -2.19. The molecule has 0 radical (unpaired) electrons. The summed E-state index contributed by atoms with van der Waals surface area (Å²) in [4.78, 5) is 22.1. The lowest BCUT2D eigenvalue weighted by Crippen LogP contribution is -2.34. The van der Waals surface area contributed by atoms with Crippen molar-refractivity contribution in [1.82, 2.24) is 15.1 Å². The predicted molar refractivity (Wildman–Crippen MR) is 68.4 cm³/mol. The van der Waals surface area contributed by atoms with Crippen molar-refractivity contribution >= 4 is 12.1 Å². The molecule has 0 fully saturated rings. The van der Waals surface area contributed by atoms with Crippen molar-refractivity contribution in [2.45, 2.75) is 39.1 Å². The Bertz CT molecular complexity index is 561. The number of nitrogens with one attached hydrogen (secondary N) is 1. The number of carboxylic acids is 1. The van der Waals surface area contributed by atoms with Crippen molar-refractivity contribution < 1.29 is 32.6 Å². The molecule has 1 rings (SSSR count). The maximum absolute atomic E-state index is 12.6. The molecule has 1 amide bonds. The molecule has 0 saturated heterocycles. The van der Waals surface area contributed by atoms with Gasteiger partial charge in [0.15, 0.2) is 5.69 Å². The van der Waals surface area contributed by atoms with E-state index in [9.17, 15) is 22.8 Å². The van der Waals surface area contributed by atoms with Crippen LogP contribution in [0.25, 0.3) is 0 Å². The summed E-state index contributed by atoms with van der Waals surface area (Å²) in [6, 6.07) is 0. The maximum atomic E-state index is 12.6. The summed E-state index contributed by atoms with van der Waals surface area (Å²) in [5.74, 6) is -1.72. The number of hydrogen-bond acceptors (Lipinski definition) is 4. The van der Waals surface area contributed by atoms with Crippen LogP contribution in [0.5, 0.6) is 0 Å². The SMILES string of the molecule is CC(C)(C)OC(=O)NCCn1cc(C(=O)O)c(C(F)(F)F)n1. The molecule has 0 aliphatic carbocycles. The summed E-state index contributed by atoms with van der Waals surface area (Å²) in [7, 11) is 0. The third kappa shape index (κ3) is 5.26. The van der Waals surface area contributed by atoms with E-state index >= 15 is 0 Å². The molecule has 0 atom stereocenters. The van der Waals surface area contributed by atoms with E-state index in [2.05, 4.69) is 10.4 Å². The summed E-state index contributed by atoms with van der Waals surface area (Å²) in [5, 5.41) is 14.3. The van der Waals surface area contributed by atoms with E-state index in [1.165, 1.54) is 0 Å². The number of amides is 1. The first-order chi connectivity index (χ1) is 9.90. The molecular formula is C12H16F3N3O4. The van der Waals surface area contributed by atoms with Gasteiger partial charge in [-0.3, -0.25) is 4.68 Å². The zero-order valence-electron chi connectivity index (χ0n) is 12.2. The highest BCUT2D eigenvalue weighted by Gasteiger charge is 2.39. The van der Waals surface area contributed by atoms with Crippen LogP contribution >= 0.6 is 0 Å². The third-order valence-corrected chi connectivity index (χ3v) is 2.27. The first-order valence-corrected chi connectivity index (χ1v) is 6.25. The van der Waals surface area contributed by atoms with Gasteiger partial charge in [-0.05, 0) is 20.8 Å². The molecule has 0 aliphatic heterocycles. The molecule has 22 heavy (non-hydrogen) atoms. The fourth-order valence-corrected chi connectivity index (χ4v) is 1.49. The molecule has 1 aromatic rings. The number of carboxylic acid groups (broad SMARTS) is 1. The van der Waals surface area contributed by atoms with Crippen LogP contribution in [-0.4, -0.2) is 39.1 Å². The molecule has 7 nitrogen and oxygen atoms in total. The Hall–Kier alpha value is -2.26. The van der Waals surface area contributed by atoms with E-state index < -0.39 is 35.1 Å². The second-order valence-corrected chi connectivity index (χ2v) is 5.39. The number of halogens is 3. The van der Waals surface area contributed by atoms with E-state index in [0.717, 1.165) is 10.9 Å². The minimum Gasteiger partial charge on any atom is -0.478 e. The Morgan fingerprint density at radius 1 is 1.36 bits per heavy atom. The quantitative estimate of drug-likeness (QED) is 0.885. The Labute approximate surface area is 124 Å². The Balaban J connectivity index is 2.68. The zero-order chi connectivity index (χ0) is 17.1. The summed E-state index contributed by atoms with van der Waals surface area (Å²) in [6.45, 7) is 4.79. The number of rotatable bonds is 4. The van der Waals surface area contributed by atoms with E-state index in [-0.39, 0.29) is 13.1 Å². The normalized spacial score (nSPS) is 12.1. The van der Waals surface area contributed by atoms with E-state index in [0.29, 0.717) is 0 Å². The largest absolute Gasteiger partial charge is 0.478 e. The minimum atomic E-state index is -4.86. The van der Waals surface area contributed by atoms with Crippen LogP contribution in [0.3, 0.4) is 0 Å². The standard InChI is InChI=1S/C12H16F3N3O4/c1-11(2,3)22-10(21)16-4-5-18-6-7(9(19)20)8(17-18)12(13,14)15/h6H,4-5H2,1-3H3,(H,16,21)(H,19,20). The van der Waals surface area contributed by atoms with Crippen molar-refractivity contribution in [1.29, 1.82) is 0 Å². The fourth-order valence-electron chi connectivity index (χ4n) is 1.49. The Morgan fingerprint density at radius 3 is 2.36 bits per heavy atom. The zero-order valence-corrected chi connectivity index (χ0v) is 12.2. The number of aromatic carboxylic acids is 1. The minimum absolute atomic E-state index is 0.0626. The van der Waals surface area contributed by atoms with Gasteiger partial charge >= 0.3 is 18.2 Å². The number of carbonyl (C=O) groups excluding carboxylic acids is 1. The molecular weight excluding hydrogens is 307 g/mol. The molecule has 1 aromatic heterocycles. The van der Waals surface area contributed by atoms with Crippen molar-refractivity contribution in [3.05, 3.63) is 17.5 Å². The number of ether oxygens (including phenoxy) is 1. The molecule has 0 unspecified atom stereocenters. The fraction of sp³-hybridized carbons (Fsp3) is 0.583. The average Bonchev–Trinajstić information content (AvgIpc) is 2.70. The second kappa shape index (κ2) is 6.24. The van der Waals surface area contributed by atoms with Crippen LogP contribution in [0.1, 0.15) is 36.8 Å². The van der Waals surface area contributed by atoms with Crippen molar-refractivity contribution in [2.75, 3.05) is 6.54 Å². The summed E-state index contributed by atoms with van der Waals surface area (Å²) < 4.78 is 43.6. The lowest BCUT2D eigenvalue weighted by atomic mass is 10.2. The van der Waals surface area contributed by atoms with Gasteiger partial charge < -0.3 is 15.2 Å². The van der Waals surface area contributed by atoms with E-state index in [1.54, 1.807) is 20.8 Å². The second-order valence-electron chi connectivity index (χ2n) is 5.39. The van der Waals surface area contributed by atoms with Crippen LogP contribution in [0, 0.1) is 0 Å². The number of nitrogens with zero attached hydrogens (tertiary/aromatic N) is 2. The summed E-state index contributed by atoms with van der Waals surface area (Å²) in [5.41, 5.74) is -3.11. The average molecular weight is 323 g/mol. The van der Waals surface area contributed by atoms with Crippen LogP contribution < -0.4 is 5.32 Å². The molecule has 0 bridgehead atoms. The van der Waals surface area contributed by atoms with Gasteiger partial charge in [-0.25, -0.2) is 9.59 Å². The van der Waals surface area contributed by atoms with Crippen molar-refractivity contribution in [2.24, 2.45) is 0 Å². The smallest absolute Gasteiger partial charge is 0.436 e. The summed E-state index contributed by atoms with van der Waals surface area (Å²) in [6.07, 6.45) is -4.83. The van der Waals surface area contributed by atoms with Gasteiger partial charge in [0, 0.05) is 12.7 Å². The number of hydrogen-bond donors (Lipinski definition) is 2. The first-order valence-electron chi connectivity index (χ1n) is 6.25. The highest BCUT2D eigenvalue weighted by Crippen LogP contribution is 2.30. The topological polar surface area (TPSA) is 93.5 Å². The van der Waals surface area contributed by atoms with Gasteiger partial charge in [0.05, 0.1) is 6.54 Å². The van der Waals surface area contributed by atoms with Crippen LogP contribution in [-0.2, 0) is 17.5 Å². The Morgan fingerprint density at radius 2 is 1.95 bits per heavy atom. The molecule has 0 spiro atoms. The lowest BCUT2D eigenvalue weighted by molar-refractivity contribution is -0.142. The number of aromatic nitrogens is 2. The number of alkyl halides is 3. The third-order valence-electron chi connectivity index (χ3n) is 2.27. The molecule has 124 valence electrons. The van der Waals surface area contributed by atoms with Crippen LogP contribution in [0.4, 0.5) is 18.0 Å². The molecule has 10 heteroatoms. The van der Waals surface area contributed by atoms with E-state index in [4.69, 9.17) is 9.84 Å². The number of carbonyl (C=O) groups is 2. The molecule has 1 heterocycles.